The minimum atomic E-state index is -0.805. The SMILES string of the molecule is O=C(NCc1ccccc1)[C@H](Cc1ccccc1)N1C(=O)[C@@H]2[C@H]3CC[C@@H](C3)[C@@H]2C1=O. The first-order valence-electron chi connectivity index (χ1n) is 10.9. The summed E-state index contributed by atoms with van der Waals surface area (Å²) in [5.41, 5.74) is 1.93. The third-order valence-corrected chi connectivity index (χ3v) is 7.16. The van der Waals surface area contributed by atoms with Gasteiger partial charge in [-0.05, 0) is 42.2 Å². The molecule has 2 bridgehead atoms. The van der Waals surface area contributed by atoms with Crippen molar-refractivity contribution in [3.8, 4) is 0 Å². The predicted molar refractivity (Wildman–Crippen MR) is 112 cm³/mol. The molecule has 0 radical (unpaired) electrons. The number of hydrogen-bond donors (Lipinski definition) is 1. The molecule has 2 aromatic carbocycles. The van der Waals surface area contributed by atoms with E-state index in [0.29, 0.717) is 24.8 Å². The molecule has 5 rings (SSSR count). The molecule has 5 nitrogen and oxygen atoms in total. The summed E-state index contributed by atoms with van der Waals surface area (Å²) in [6.45, 7) is 0.374. The standard InChI is InChI=1S/C25H26N2O3/c28-23(26-15-17-9-5-2-6-10-17)20(13-16-7-3-1-4-8-16)27-24(29)21-18-11-12-19(14-18)22(21)25(27)30/h1-10,18-22H,11-15H2,(H,26,28)/t18-,19-,20-,21-,22+/m0/s1. The molecular formula is C25H26N2O3. The van der Waals surface area contributed by atoms with E-state index in [1.165, 1.54) is 4.90 Å². The number of nitrogens with zero attached hydrogens (tertiary/aromatic N) is 1. The highest BCUT2D eigenvalue weighted by Crippen LogP contribution is 2.56. The van der Waals surface area contributed by atoms with Crippen LogP contribution in [0.2, 0.25) is 0 Å². The van der Waals surface area contributed by atoms with Crippen molar-refractivity contribution in [2.45, 2.75) is 38.3 Å². The first-order valence-corrected chi connectivity index (χ1v) is 10.9. The first kappa shape index (κ1) is 19.0. The van der Waals surface area contributed by atoms with Gasteiger partial charge in [-0.3, -0.25) is 19.3 Å². The Hall–Kier alpha value is -2.95. The van der Waals surface area contributed by atoms with Gasteiger partial charge in [-0.15, -0.1) is 0 Å². The van der Waals surface area contributed by atoms with Crippen LogP contribution in [0.1, 0.15) is 30.4 Å². The van der Waals surface area contributed by atoms with Crippen LogP contribution in [0.25, 0.3) is 0 Å². The van der Waals surface area contributed by atoms with E-state index in [0.717, 1.165) is 30.4 Å². The number of benzene rings is 2. The van der Waals surface area contributed by atoms with Crippen LogP contribution in [0.5, 0.6) is 0 Å². The third-order valence-electron chi connectivity index (χ3n) is 7.16. The molecule has 3 aliphatic rings. The van der Waals surface area contributed by atoms with Crippen LogP contribution < -0.4 is 5.32 Å². The normalized spacial score (nSPS) is 27.9. The van der Waals surface area contributed by atoms with Crippen molar-refractivity contribution < 1.29 is 14.4 Å². The monoisotopic (exact) mass is 402 g/mol. The Morgan fingerprint density at radius 2 is 1.40 bits per heavy atom. The lowest BCUT2D eigenvalue weighted by Gasteiger charge is -2.27. The van der Waals surface area contributed by atoms with Gasteiger partial charge in [0.1, 0.15) is 6.04 Å². The average Bonchev–Trinajstić information content (AvgIpc) is 3.46. The van der Waals surface area contributed by atoms with Crippen LogP contribution in [-0.2, 0) is 27.3 Å². The van der Waals surface area contributed by atoms with Crippen LogP contribution in [-0.4, -0.2) is 28.7 Å². The molecule has 154 valence electrons. The molecule has 1 heterocycles. The van der Waals surface area contributed by atoms with Gasteiger partial charge >= 0.3 is 0 Å². The summed E-state index contributed by atoms with van der Waals surface area (Å²) in [6, 6.07) is 18.5. The predicted octanol–water partition coefficient (Wildman–Crippen LogP) is 2.95. The van der Waals surface area contributed by atoms with Gasteiger partial charge in [-0.1, -0.05) is 60.7 Å². The number of imide groups is 1. The molecule has 0 unspecified atom stereocenters. The molecular weight excluding hydrogens is 376 g/mol. The molecule has 30 heavy (non-hydrogen) atoms. The molecule has 3 fully saturated rings. The summed E-state index contributed by atoms with van der Waals surface area (Å²) in [5, 5.41) is 2.96. The Morgan fingerprint density at radius 1 is 0.867 bits per heavy atom. The maximum absolute atomic E-state index is 13.3. The fourth-order valence-electron chi connectivity index (χ4n) is 5.78. The van der Waals surface area contributed by atoms with Crippen LogP contribution in [0.3, 0.4) is 0 Å². The molecule has 5 heteroatoms. The number of nitrogens with one attached hydrogen (secondary N) is 1. The summed E-state index contributed by atoms with van der Waals surface area (Å²) in [4.78, 5) is 41.2. The molecule has 1 N–H and O–H groups in total. The van der Waals surface area contributed by atoms with Gasteiger partial charge in [0.15, 0.2) is 0 Å². The Labute approximate surface area is 176 Å². The van der Waals surface area contributed by atoms with Crippen molar-refractivity contribution in [1.82, 2.24) is 10.2 Å². The number of amides is 3. The van der Waals surface area contributed by atoms with Gasteiger partial charge in [0.2, 0.25) is 17.7 Å². The van der Waals surface area contributed by atoms with Crippen molar-refractivity contribution in [2.75, 3.05) is 0 Å². The zero-order chi connectivity index (χ0) is 20.7. The van der Waals surface area contributed by atoms with Crippen LogP contribution in [0.4, 0.5) is 0 Å². The lowest BCUT2D eigenvalue weighted by Crippen LogP contribution is -2.51. The molecule has 5 atom stereocenters. The summed E-state index contributed by atoms with van der Waals surface area (Å²) < 4.78 is 0. The van der Waals surface area contributed by atoms with E-state index in [-0.39, 0.29) is 29.6 Å². The number of carbonyl (C=O) groups excluding carboxylic acids is 3. The van der Waals surface area contributed by atoms with Crippen LogP contribution in [0, 0.1) is 23.7 Å². The smallest absolute Gasteiger partial charge is 0.243 e. The zero-order valence-electron chi connectivity index (χ0n) is 16.9. The lowest BCUT2D eigenvalue weighted by molar-refractivity contribution is -0.148. The van der Waals surface area contributed by atoms with Gasteiger partial charge in [-0.25, -0.2) is 0 Å². The van der Waals surface area contributed by atoms with Crippen molar-refractivity contribution >= 4 is 17.7 Å². The lowest BCUT2D eigenvalue weighted by atomic mass is 9.81. The maximum Gasteiger partial charge on any atom is 0.243 e. The second-order valence-corrected chi connectivity index (χ2v) is 8.84. The van der Waals surface area contributed by atoms with Gasteiger partial charge < -0.3 is 5.32 Å². The number of likely N-dealkylation sites (tertiary alicyclic amines) is 1. The largest absolute Gasteiger partial charge is 0.350 e. The minimum Gasteiger partial charge on any atom is -0.350 e. The highest BCUT2D eigenvalue weighted by Gasteiger charge is 2.62. The van der Waals surface area contributed by atoms with Gasteiger partial charge in [0.05, 0.1) is 11.8 Å². The molecule has 3 amide bonds. The van der Waals surface area contributed by atoms with Gasteiger partial charge in [-0.2, -0.15) is 0 Å². The maximum atomic E-state index is 13.3. The average molecular weight is 402 g/mol. The Kier molecular flexibility index (Phi) is 4.89. The number of fused-ring (bicyclic) bond motifs is 5. The molecule has 1 aliphatic heterocycles. The Bertz CT molecular complexity index is 931. The quantitative estimate of drug-likeness (QED) is 0.756. The third kappa shape index (κ3) is 3.22. The molecule has 0 spiro atoms. The van der Waals surface area contributed by atoms with Crippen molar-refractivity contribution in [1.29, 1.82) is 0 Å². The van der Waals surface area contributed by atoms with Gasteiger partial charge in [0, 0.05) is 13.0 Å². The van der Waals surface area contributed by atoms with E-state index < -0.39 is 6.04 Å². The fourth-order valence-corrected chi connectivity index (χ4v) is 5.78. The highest BCUT2D eigenvalue weighted by atomic mass is 16.2. The van der Waals surface area contributed by atoms with Crippen LogP contribution >= 0.6 is 0 Å². The summed E-state index contributed by atoms with van der Waals surface area (Å²) in [7, 11) is 0. The van der Waals surface area contributed by atoms with Crippen LogP contribution in [0.15, 0.2) is 60.7 Å². The van der Waals surface area contributed by atoms with E-state index in [1.54, 1.807) is 0 Å². The van der Waals surface area contributed by atoms with Crippen molar-refractivity contribution in [3.63, 3.8) is 0 Å². The molecule has 0 aromatic heterocycles. The molecule has 1 saturated heterocycles. The summed E-state index contributed by atoms with van der Waals surface area (Å²) in [5.74, 6) is -0.331. The highest BCUT2D eigenvalue weighted by molar-refractivity contribution is 6.09. The molecule has 2 aliphatic carbocycles. The molecule has 2 aromatic rings. The summed E-state index contributed by atoms with van der Waals surface area (Å²) >= 11 is 0. The minimum absolute atomic E-state index is 0.131. The zero-order valence-corrected chi connectivity index (χ0v) is 16.9. The first-order chi connectivity index (χ1) is 14.6. The van der Waals surface area contributed by atoms with E-state index in [1.807, 2.05) is 60.7 Å². The fraction of sp³-hybridized carbons (Fsp3) is 0.400. The topological polar surface area (TPSA) is 66.5 Å². The number of carbonyl (C=O) groups is 3. The van der Waals surface area contributed by atoms with Crippen molar-refractivity contribution in [3.05, 3.63) is 71.8 Å². The van der Waals surface area contributed by atoms with E-state index in [9.17, 15) is 14.4 Å². The van der Waals surface area contributed by atoms with Crippen molar-refractivity contribution in [2.24, 2.45) is 23.7 Å². The Morgan fingerprint density at radius 3 is 1.97 bits per heavy atom. The van der Waals surface area contributed by atoms with Gasteiger partial charge in [0.25, 0.3) is 0 Å². The van der Waals surface area contributed by atoms with E-state index in [4.69, 9.17) is 0 Å². The molecule has 2 saturated carbocycles. The second kappa shape index (κ2) is 7.71. The number of rotatable bonds is 6. The Balaban J connectivity index is 1.40. The summed E-state index contributed by atoms with van der Waals surface area (Å²) in [6.07, 6.45) is 3.39. The van der Waals surface area contributed by atoms with E-state index >= 15 is 0 Å². The number of hydrogen-bond acceptors (Lipinski definition) is 3. The van der Waals surface area contributed by atoms with E-state index in [2.05, 4.69) is 5.32 Å². The second-order valence-electron chi connectivity index (χ2n) is 8.84.